The minimum Gasteiger partial charge on any atom is -0.494 e. The topological polar surface area (TPSA) is 24.5 Å². The Bertz CT molecular complexity index is 427. The van der Waals surface area contributed by atoms with Gasteiger partial charge in [-0.05, 0) is 56.4 Å². The molecule has 1 aromatic rings. The predicted molar refractivity (Wildman–Crippen MR) is 83.6 cm³/mol. The Morgan fingerprint density at radius 2 is 2.00 bits per heavy atom. The second-order valence-corrected chi connectivity index (χ2v) is 6.20. The van der Waals surface area contributed by atoms with Crippen LogP contribution in [-0.4, -0.2) is 31.8 Å². The van der Waals surface area contributed by atoms with Crippen LogP contribution in [0.4, 0.5) is 5.69 Å². The first-order valence-corrected chi connectivity index (χ1v) is 8.01. The molecule has 1 aliphatic carbocycles. The van der Waals surface area contributed by atoms with E-state index in [0.717, 1.165) is 37.8 Å². The van der Waals surface area contributed by atoms with E-state index in [1.807, 2.05) is 0 Å². The molecule has 0 amide bonds. The third-order valence-corrected chi connectivity index (χ3v) is 4.43. The summed E-state index contributed by atoms with van der Waals surface area (Å²) in [6.45, 7) is 7.47. The van der Waals surface area contributed by atoms with Crippen LogP contribution in [-0.2, 0) is 0 Å². The van der Waals surface area contributed by atoms with Crippen molar-refractivity contribution in [3.63, 3.8) is 0 Å². The Labute approximate surface area is 122 Å². The zero-order valence-corrected chi connectivity index (χ0v) is 12.6. The average Bonchev–Trinajstić information content (AvgIpc) is 3.31. The number of nitrogens with zero attached hydrogens (tertiary/aromatic N) is 1. The molecular weight excluding hydrogens is 248 g/mol. The molecule has 0 bridgehead atoms. The summed E-state index contributed by atoms with van der Waals surface area (Å²) in [5.74, 6) is 1.90. The van der Waals surface area contributed by atoms with E-state index in [4.69, 9.17) is 4.74 Å². The smallest absolute Gasteiger partial charge is 0.119 e. The lowest BCUT2D eigenvalue weighted by atomic mass is 10.1. The van der Waals surface area contributed by atoms with E-state index in [1.54, 1.807) is 0 Å². The molecule has 1 saturated carbocycles. The highest BCUT2D eigenvalue weighted by molar-refractivity contribution is 5.50. The van der Waals surface area contributed by atoms with Crippen LogP contribution in [0.5, 0.6) is 5.75 Å². The van der Waals surface area contributed by atoms with Crippen molar-refractivity contribution in [2.75, 3.05) is 24.6 Å². The summed E-state index contributed by atoms with van der Waals surface area (Å²) in [7, 11) is 0. The predicted octanol–water partition coefficient (Wildman–Crippen LogP) is 3.05. The van der Waals surface area contributed by atoms with Gasteiger partial charge in [-0.1, -0.05) is 6.92 Å². The molecule has 3 rings (SSSR count). The average molecular weight is 274 g/mol. The number of hydrogen-bond acceptors (Lipinski definition) is 3. The molecule has 1 N–H and O–H groups in total. The van der Waals surface area contributed by atoms with Crippen molar-refractivity contribution in [3.8, 4) is 5.75 Å². The molecule has 2 aliphatic rings. The zero-order valence-electron chi connectivity index (χ0n) is 12.6. The number of anilines is 1. The Morgan fingerprint density at radius 3 is 2.65 bits per heavy atom. The van der Waals surface area contributed by atoms with Gasteiger partial charge in [0.05, 0.1) is 6.61 Å². The molecule has 1 saturated heterocycles. The van der Waals surface area contributed by atoms with Gasteiger partial charge in [0.15, 0.2) is 0 Å². The third kappa shape index (κ3) is 3.09. The van der Waals surface area contributed by atoms with E-state index in [1.165, 1.54) is 18.5 Å². The normalized spacial score (nSPS) is 26.6. The molecule has 0 radical (unpaired) electrons. The first-order valence-electron chi connectivity index (χ1n) is 8.01. The second-order valence-electron chi connectivity index (χ2n) is 6.20. The summed E-state index contributed by atoms with van der Waals surface area (Å²) >= 11 is 0. The van der Waals surface area contributed by atoms with Crippen LogP contribution in [0.15, 0.2) is 24.3 Å². The molecule has 1 heterocycles. The van der Waals surface area contributed by atoms with Crippen LogP contribution in [0.1, 0.15) is 33.1 Å². The maximum absolute atomic E-state index is 5.66. The van der Waals surface area contributed by atoms with Crippen LogP contribution in [0.2, 0.25) is 0 Å². The highest BCUT2D eigenvalue weighted by Crippen LogP contribution is 2.35. The lowest BCUT2D eigenvalue weighted by Crippen LogP contribution is -2.56. The Morgan fingerprint density at radius 1 is 1.25 bits per heavy atom. The van der Waals surface area contributed by atoms with Gasteiger partial charge in [0, 0.05) is 30.9 Å². The van der Waals surface area contributed by atoms with E-state index in [9.17, 15) is 0 Å². The van der Waals surface area contributed by atoms with Crippen molar-refractivity contribution >= 4 is 5.69 Å². The van der Waals surface area contributed by atoms with Crippen molar-refractivity contribution in [2.45, 2.75) is 45.2 Å². The fourth-order valence-corrected chi connectivity index (χ4v) is 3.02. The molecule has 1 aliphatic heterocycles. The fraction of sp³-hybridized carbons (Fsp3) is 0.647. The van der Waals surface area contributed by atoms with Crippen molar-refractivity contribution in [1.82, 2.24) is 5.32 Å². The van der Waals surface area contributed by atoms with E-state index in [0.29, 0.717) is 12.1 Å². The lowest BCUT2D eigenvalue weighted by Gasteiger charge is -2.40. The molecule has 3 nitrogen and oxygen atoms in total. The van der Waals surface area contributed by atoms with Gasteiger partial charge < -0.3 is 15.0 Å². The number of hydrogen-bond donors (Lipinski definition) is 1. The molecule has 1 aromatic carbocycles. The van der Waals surface area contributed by atoms with Gasteiger partial charge in [-0.2, -0.15) is 0 Å². The Kier molecular flexibility index (Phi) is 4.16. The first-order chi connectivity index (χ1) is 9.78. The maximum atomic E-state index is 5.66. The van der Waals surface area contributed by atoms with Gasteiger partial charge in [0.1, 0.15) is 5.75 Å². The number of ether oxygens (including phenoxy) is 1. The standard InChI is InChI=1S/C17H26N2O/c1-3-10-20-16-8-6-15(7-9-16)19-12-17(14-4-5-14)18-11-13(19)2/h6-9,13-14,17-18H,3-5,10-12H2,1-2H3. The highest BCUT2D eigenvalue weighted by Gasteiger charge is 2.36. The van der Waals surface area contributed by atoms with E-state index >= 15 is 0 Å². The van der Waals surface area contributed by atoms with Crippen molar-refractivity contribution in [1.29, 1.82) is 0 Å². The number of piperazine rings is 1. The summed E-state index contributed by atoms with van der Waals surface area (Å²) in [4.78, 5) is 2.54. The molecule has 0 aromatic heterocycles. The summed E-state index contributed by atoms with van der Waals surface area (Å²) in [5, 5.41) is 3.70. The maximum Gasteiger partial charge on any atom is 0.119 e. The zero-order chi connectivity index (χ0) is 13.9. The number of rotatable bonds is 5. The molecule has 0 spiro atoms. The minimum absolute atomic E-state index is 0.562. The van der Waals surface area contributed by atoms with Gasteiger partial charge in [-0.25, -0.2) is 0 Å². The quantitative estimate of drug-likeness (QED) is 0.893. The van der Waals surface area contributed by atoms with E-state index in [-0.39, 0.29) is 0 Å². The fourth-order valence-electron chi connectivity index (χ4n) is 3.02. The van der Waals surface area contributed by atoms with E-state index in [2.05, 4.69) is 48.3 Å². The Balaban J connectivity index is 1.66. The second kappa shape index (κ2) is 6.04. The molecule has 2 fully saturated rings. The van der Waals surface area contributed by atoms with E-state index < -0.39 is 0 Å². The SMILES string of the molecule is CCCOc1ccc(N2CC(C3CC3)NCC2C)cc1. The summed E-state index contributed by atoms with van der Waals surface area (Å²) in [6, 6.07) is 9.86. The van der Waals surface area contributed by atoms with Crippen LogP contribution in [0.25, 0.3) is 0 Å². The number of benzene rings is 1. The van der Waals surface area contributed by atoms with Crippen molar-refractivity contribution in [2.24, 2.45) is 5.92 Å². The van der Waals surface area contributed by atoms with Gasteiger partial charge in [-0.3, -0.25) is 0 Å². The molecule has 2 atom stereocenters. The van der Waals surface area contributed by atoms with Gasteiger partial charge in [-0.15, -0.1) is 0 Å². The van der Waals surface area contributed by atoms with Gasteiger partial charge in [0.25, 0.3) is 0 Å². The summed E-state index contributed by atoms with van der Waals surface area (Å²) in [6.07, 6.45) is 3.87. The van der Waals surface area contributed by atoms with Crippen molar-refractivity contribution in [3.05, 3.63) is 24.3 Å². The molecule has 20 heavy (non-hydrogen) atoms. The van der Waals surface area contributed by atoms with Gasteiger partial charge >= 0.3 is 0 Å². The highest BCUT2D eigenvalue weighted by atomic mass is 16.5. The molecule has 110 valence electrons. The lowest BCUT2D eigenvalue weighted by molar-refractivity contribution is 0.317. The largest absolute Gasteiger partial charge is 0.494 e. The third-order valence-electron chi connectivity index (χ3n) is 4.43. The van der Waals surface area contributed by atoms with Gasteiger partial charge in [0.2, 0.25) is 0 Å². The van der Waals surface area contributed by atoms with Crippen LogP contribution in [0, 0.1) is 5.92 Å². The molecule has 3 heteroatoms. The minimum atomic E-state index is 0.562. The summed E-state index contributed by atoms with van der Waals surface area (Å²) in [5.41, 5.74) is 1.33. The summed E-state index contributed by atoms with van der Waals surface area (Å²) < 4.78 is 5.66. The monoisotopic (exact) mass is 274 g/mol. The molecular formula is C17H26N2O. The Hall–Kier alpha value is -1.22. The first kappa shape index (κ1) is 13.7. The number of nitrogens with one attached hydrogen (secondary N) is 1. The van der Waals surface area contributed by atoms with Crippen molar-refractivity contribution < 1.29 is 4.74 Å². The molecule has 2 unspecified atom stereocenters. The van der Waals surface area contributed by atoms with Crippen LogP contribution in [0.3, 0.4) is 0 Å². The van der Waals surface area contributed by atoms with Crippen LogP contribution >= 0.6 is 0 Å². The van der Waals surface area contributed by atoms with Crippen LogP contribution < -0.4 is 15.0 Å².